The lowest BCUT2D eigenvalue weighted by Crippen LogP contribution is -2.49. The molecular weight excluding hydrogens is 351 g/mol. The number of nitrogens with one attached hydrogen (secondary N) is 2. The molecule has 1 saturated heterocycles. The van der Waals surface area contributed by atoms with Gasteiger partial charge in [-0.1, -0.05) is 13.8 Å². The second kappa shape index (κ2) is 8.07. The number of hydrogen-bond donors (Lipinski definition) is 3. The molecule has 0 spiro atoms. The van der Waals surface area contributed by atoms with Gasteiger partial charge in [0.05, 0.1) is 12.6 Å². The van der Waals surface area contributed by atoms with Crippen LogP contribution in [0.25, 0.3) is 0 Å². The first-order valence-electron chi connectivity index (χ1n) is 8.53. The SMILES string of the molecule is CC(C)[C@H](N)C(=O)NCC(=O)N1CCCC(c2cc(C(F)(F)F)n[nH]2)C1. The lowest BCUT2D eigenvalue weighted by atomic mass is 9.94. The molecule has 1 aliphatic heterocycles. The largest absolute Gasteiger partial charge is 0.435 e. The van der Waals surface area contributed by atoms with Gasteiger partial charge >= 0.3 is 6.18 Å². The van der Waals surface area contributed by atoms with Gasteiger partial charge in [-0.3, -0.25) is 14.7 Å². The maximum atomic E-state index is 12.7. The van der Waals surface area contributed by atoms with E-state index in [-0.39, 0.29) is 30.8 Å². The smallest absolute Gasteiger partial charge is 0.346 e. The molecule has 1 aliphatic rings. The molecule has 0 saturated carbocycles. The Balaban J connectivity index is 1.92. The maximum absolute atomic E-state index is 12.7. The summed E-state index contributed by atoms with van der Waals surface area (Å²) in [6, 6.07) is 0.296. The Morgan fingerprint density at radius 3 is 2.73 bits per heavy atom. The van der Waals surface area contributed by atoms with E-state index in [0.29, 0.717) is 25.1 Å². The average Bonchev–Trinajstić information content (AvgIpc) is 3.09. The van der Waals surface area contributed by atoms with Crippen LogP contribution >= 0.6 is 0 Å². The minimum Gasteiger partial charge on any atom is -0.346 e. The van der Waals surface area contributed by atoms with E-state index in [1.807, 2.05) is 0 Å². The maximum Gasteiger partial charge on any atom is 0.435 e. The van der Waals surface area contributed by atoms with Gasteiger partial charge in [0.25, 0.3) is 0 Å². The van der Waals surface area contributed by atoms with Crippen molar-refractivity contribution < 1.29 is 22.8 Å². The van der Waals surface area contributed by atoms with Crippen molar-refractivity contribution in [1.29, 1.82) is 0 Å². The first kappa shape index (κ1) is 20.2. The first-order valence-corrected chi connectivity index (χ1v) is 8.53. The Hall–Kier alpha value is -2.10. The van der Waals surface area contributed by atoms with Crippen LogP contribution in [0, 0.1) is 5.92 Å². The van der Waals surface area contributed by atoms with Crippen molar-refractivity contribution in [3.8, 4) is 0 Å². The van der Waals surface area contributed by atoms with E-state index < -0.39 is 23.8 Å². The molecule has 7 nitrogen and oxygen atoms in total. The summed E-state index contributed by atoms with van der Waals surface area (Å²) in [6.45, 7) is 4.22. The number of aromatic nitrogens is 2. The van der Waals surface area contributed by atoms with Gasteiger partial charge < -0.3 is 16.0 Å². The van der Waals surface area contributed by atoms with E-state index in [9.17, 15) is 22.8 Å². The lowest BCUT2D eigenvalue weighted by molar-refractivity contribution is -0.141. The Morgan fingerprint density at radius 2 is 2.15 bits per heavy atom. The molecule has 1 aromatic rings. The number of aromatic amines is 1. The number of nitrogens with zero attached hydrogens (tertiary/aromatic N) is 2. The van der Waals surface area contributed by atoms with E-state index in [4.69, 9.17) is 5.73 Å². The summed E-state index contributed by atoms with van der Waals surface area (Å²) in [7, 11) is 0. The number of H-pyrrole nitrogens is 1. The molecule has 0 radical (unpaired) electrons. The number of carbonyl (C=O) groups excluding carboxylic acids is 2. The molecule has 26 heavy (non-hydrogen) atoms. The standard InChI is InChI=1S/C16H24F3N5O2/c1-9(2)14(20)15(26)21-7-13(25)24-5-3-4-10(8-24)11-6-12(23-22-11)16(17,18)19/h6,9-10,14H,3-5,7-8,20H2,1-2H3,(H,21,26)(H,22,23)/t10?,14-/m0/s1. The van der Waals surface area contributed by atoms with Crippen LogP contribution in [0.1, 0.15) is 44.0 Å². The van der Waals surface area contributed by atoms with Crippen molar-refractivity contribution in [3.63, 3.8) is 0 Å². The van der Waals surface area contributed by atoms with E-state index in [2.05, 4.69) is 15.5 Å². The third-order valence-corrected chi connectivity index (χ3v) is 4.54. The molecule has 2 rings (SSSR count). The summed E-state index contributed by atoms with van der Waals surface area (Å²) in [4.78, 5) is 25.7. The van der Waals surface area contributed by atoms with Gasteiger partial charge in [-0.25, -0.2) is 0 Å². The summed E-state index contributed by atoms with van der Waals surface area (Å²) in [5.74, 6) is -0.975. The van der Waals surface area contributed by atoms with Gasteiger partial charge in [0.15, 0.2) is 5.69 Å². The highest BCUT2D eigenvalue weighted by molar-refractivity contribution is 5.87. The number of nitrogens with two attached hydrogens (primary N) is 1. The first-order chi connectivity index (χ1) is 12.1. The molecule has 0 bridgehead atoms. The molecule has 1 unspecified atom stereocenters. The van der Waals surface area contributed by atoms with Crippen molar-refractivity contribution in [2.24, 2.45) is 11.7 Å². The van der Waals surface area contributed by atoms with Gasteiger partial charge in [0, 0.05) is 24.7 Å². The van der Waals surface area contributed by atoms with E-state index in [1.165, 1.54) is 0 Å². The third kappa shape index (κ3) is 4.96. The molecule has 146 valence electrons. The normalized spacial score (nSPS) is 19.5. The fourth-order valence-corrected chi connectivity index (χ4v) is 2.84. The zero-order valence-corrected chi connectivity index (χ0v) is 14.8. The van der Waals surface area contributed by atoms with Crippen molar-refractivity contribution >= 4 is 11.8 Å². The Kier molecular flexibility index (Phi) is 6.27. The highest BCUT2D eigenvalue weighted by atomic mass is 19.4. The highest BCUT2D eigenvalue weighted by Crippen LogP contribution is 2.31. The van der Waals surface area contributed by atoms with Gasteiger partial charge in [-0.15, -0.1) is 0 Å². The molecule has 0 aromatic carbocycles. The number of likely N-dealkylation sites (tertiary alicyclic amines) is 1. The van der Waals surface area contributed by atoms with Crippen LogP contribution in [0.2, 0.25) is 0 Å². The fourth-order valence-electron chi connectivity index (χ4n) is 2.84. The number of hydrogen-bond acceptors (Lipinski definition) is 4. The van der Waals surface area contributed by atoms with Crippen LogP contribution in [0.15, 0.2) is 6.07 Å². The van der Waals surface area contributed by atoms with Gasteiger partial charge in [-0.05, 0) is 24.8 Å². The average molecular weight is 375 g/mol. The molecule has 1 aromatic heterocycles. The molecule has 0 aliphatic carbocycles. The van der Waals surface area contributed by atoms with Crippen molar-refractivity contribution in [2.45, 2.75) is 44.8 Å². The molecule has 2 atom stereocenters. The molecule has 4 N–H and O–H groups in total. The Labute approximate surface area is 149 Å². The molecule has 10 heteroatoms. The van der Waals surface area contributed by atoms with E-state index >= 15 is 0 Å². The number of rotatable bonds is 5. The number of halogens is 3. The van der Waals surface area contributed by atoms with Gasteiger partial charge in [0.2, 0.25) is 11.8 Å². The second-order valence-corrected chi connectivity index (χ2v) is 6.87. The van der Waals surface area contributed by atoms with Crippen LogP contribution in [0.4, 0.5) is 13.2 Å². The summed E-state index contributed by atoms with van der Waals surface area (Å²) in [5, 5.41) is 8.24. The second-order valence-electron chi connectivity index (χ2n) is 6.87. The van der Waals surface area contributed by atoms with Crippen molar-refractivity contribution in [2.75, 3.05) is 19.6 Å². The van der Waals surface area contributed by atoms with Crippen molar-refractivity contribution in [3.05, 3.63) is 17.5 Å². The summed E-state index contributed by atoms with van der Waals surface area (Å²) in [5.41, 5.74) is 5.12. The molecular formula is C16H24F3N5O2. The zero-order valence-electron chi connectivity index (χ0n) is 14.8. The monoisotopic (exact) mass is 375 g/mol. The Morgan fingerprint density at radius 1 is 1.46 bits per heavy atom. The third-order valence-electron chi connectivity index (χ3n) is 4.54. The minimum absolute atomic E-state index is 0.0484. The van der Waals surface area contributed by atoms with Gasteiger partial charge in [-0.2, -0.15) is 18.3 Å². The number of alkyl halides is 3. The number of piperidine rings is 1. The zero-order chi connectivity index (χ0) is 19.5. The summed E-state index contributed by atoms with van der Waals surface area (Å²) in [6.07, 6.45) is -3.18. The lowest BCUT2D eigenvalue weighted by Gasteiger charge is -2.32. The number of carbonyl (C=O) groups is 2. The van der Waals surface area contributed by atoms with E-state index in [1.54, 1.807) is 18.7 Å². The highest BCUT2D eigenvalue weighted by Gasteiger charge is 2.35. The van der Waals surface area contributed by atoms with E-state index in [0.717, 1.165) is 6.07 Å². The fraction of sp³-hybridized carbons (Fsp3) is 0.688. The van der Waals surface area contributed by atoms with Crippen LogP contribution in [0.3, 0.4) is 0 Å². The summed E-state index contributed by atoms with van der Waals surface area (Å²) < 4.78 is 38.0. The predicted molar refractivity (Wildman–Crippen MR) is 88.0 cm³/mol. The minimum atomic E-state index is -4.50. The molecule has 2 heterocycles. The Bertz CT molecular complexity index is 644. The van der Waals surface area contributed by atoms with Crippen LogP contribution in [-0.2, 0) is 15.8 Å². The van der Waals surface area contributed by atoms with Crippen LogP contribution in [0.5, 0.6) is 0 Å². The quantitative estimate of drug-likeness (QED) is 0.720. The topological polar surface area (TPSA) is 104 Å². The van der Waals surface area contributed by atoms with Crippen LogP contribution in [-0.4, -0.2) is 52.6 Å². The number of amides is 2. The predicted octanol–water partition coefficient (Wildman–Crippen LogP) is 1.23. The molecule has 2 amide bonds. The van der Waals surface area contributed by atoms with Gasteiger partial charge in [0.1, 0.15) is 0 Å². The van der Waals surface area contributed by atoms with Crippen LogP contribution < -0.4 is 11.1 Å². The van der Waals surface area contributed by atoms with Crippen molar-refractivity contribution in [1.82, 2.24) is 20.4 Å². The molecule has 1 fully saturated rings. The summed E-state index contributed by atoms with van der Waals surface area (Å²) >= 11 is 0.